The number of likely N-dealkylation sites (tertiary alicyclic amines) is 1. The smallest absolute Gasteiger partial charge is 0.281 e. The van der Waals surface area contributed by atoms with Gasteiger partial charge in [0.25, 0.3) is 5.56 Å². The molecule has 1 fully saturated rings. The van der Waals surface area contributed by atoms with Gasteiger partial charge in [-0.3, -0.25) is 24.0 Å². The molecule has 0 spiro atoms. The maximum atomic E-state index is 13.4. The van der Waals surface area contributed by atoms with Gasteiger partial charge >= 0.3 is 0 Å². The van der Waals surface area contributed by atoms with Crippen molar-refractivity contribution in [2.45, 2.75) is 45.0 Å². The molecule has 0 unspecified atom stereocenters. The first-order chi connectivity index (χ1) is 19.6. The quantitative estimate of drug-likeness (QED) is 0.182. The first kappa shape index (κ1) is 28.8. The van der Waals surface area contributed by atoms with Crippen molar-refractivity contribution in [2.24, 2.45) is 24.4 Å². The molecule has 0 radical (unpaired) electrons. The molecule has 7 N–H and O–H groups in total. The summed E-state index contributed by atoms with van der Waals surface area (Å²) in [5.74, 6) is 6.02. The van der Waals surface area contributed by atoms with Crippen LogP contribution in [0.25, 0.3) is 22.3 Å². The number of benzene rings is 2. The van der Waals surface area contributed by atoms with Crippen LogP contribution in [0.4, 0.5) is 5.69 Å². The summed E-state index contributed by atoms with van der Waals surface area (Å²) in [6, 6.07) is 13.5. The number of anilines is 1. The van der Waals surface area contributed by atoms with E-state index in [1.807, 2.05) is 42.5 Å². The fraction of sp³-hybridized carbons (Fsp3) is 0.345. The van der Waals surface area contributed by atoms with Crippen LogP contribution in [0.3, 0.4) is 0 Å². The van der Waals surface area contributed by atoms with Crippen molar-refractivity contribution in [3.63, 3.8) is 0 Å². The molecule has 11 nitrogen and oxygen atoms in total. The van der Waals surface area contributed by atoms with E-state index in [1.54, 1.807) is 24.9 Å². The van der Waals surface area contributed by atoms with E-state index in [-0.39, 0.29) is 17.6 Å². The van der Waals surface area contributed by atoms with Gasteiger partial charge in [0.05, 0.1) is 29.9 Å². The van der Waals surface area contributed by atoms with Crippen molar-refractivity contribution in [3.8, 4) is 11.3 Å². The highest BCUT2D eigenvalue weighted by Crippen LogP contribution is 2.29. The van der Waals surface area contributed by atoms with E-state index >= 15 is 0 Å². The fourth-order valence-corrected chi connectivity index (χ4v) is 5.53. The third-order valence-electron chi connectivity index (χ3n) is 7.60. The zero-order chi connectivity index (χ0) is 29.3. The fourth-order valence-electron chi connectivity index (χ4n) is 5.29. The summed E-state index contributed by atoms with van der Waals surface area (Å²) < 4.78 is 3.14. The van der Waals surface area contributed by atoms with E-state index < -0.39 is 5.60 Å². The Hall–Kier alpha value is -3.74. The molecule has 4 aromatic rings. The standard InChI is InChI=1S/C29H36ClN9O2/c1-19(32)15-39(33)23-8-7-22(24(30)13-23)16-37-11-9-29(41,10-12-37)17-38-18-34-25-26(28(38)40)35-36(2)27(25)21-5-3-20(14-31)4-6-21/h3-8,13,15,18,41H,9-12,14,16-17,31-33H2,1-2H3/b19-15-. The second-order valence-corrected chi connectivity index (χ2v) is 11.2. The van der Waals surface area contributed by atoms with E-state index in [2.05, 4.69) is 15.0 Å². The van der Waals surface area contributed by atoms with Gasteiger partial charge in [-0.2, -0.15) is 5.10 Å². The van der Waals surface area contributed by atoms with Crippen molar-refractivity contribution in [1.29, 1.82) is 0 Å². The number of hydrogen-bond donors (Lipinski definition) is 4. The van der Waals surface area contributed by atoms with Crippen LogP contribution < -0.4 is 27.9 Å². The van der Waals surface area contributed by atoms with Crippen LogP contribution in [-0.4, -0.2) is 48.0 Å². The molecule has 3 heterocycles. The van der Waals surface area contributed by atoms with E-state index in [1.165, 1.54) is 15.9 Å². The van der Waals surface area contributed by atoms with Crippen LogP contribution >= 0.6 is 11.6 Å². The second kappa shape index (κ2) is 11.6. The molecule has 5 rings (SSSR count). The zero-order valence-electron chi connectivity index (χ0n) is 23.3. The summed E-state index contributed by atoms with van der Waals surface area (Å²) in [7, 11) is 1.80. The number of halogens is 1. The van der Waals surface area contributed by atoms with Gasteiger partial charge in [-0.25, -0.2) is 10.8 Å². The molecule has 12 heteroatoms. The summed E-state index contributed by atoms with van der Waals surface area (Å²) in [6.07, 6.45) is 4.15. The molecule has 0 amide bonds. The number of allylic oxidation sites excluding steroid dienone is 1. The number of hydrogen-bond acceptors (Lipinski definition) is 9. The highest BCUT2D eigenvalue weighted by atomic mass is 35.5. The molecule has 0 bridgehead atoms. The molecule has 2 aromatic carbocycles. The topological polar surface area (TPSA) is 157 Å². The van der Waals surface area contributed by atoms with E-state index in [9.17, 15) is 9.90 Å². The lowest BCUT2D eigenvalue weighted by Crippen LogP contribution is -2.47. The van der Waals surface area contributed by atoms with Gasteiger partial charge in [0.15, 0.2) is 5.52 Å². The van der Waals surface area contributed by atoms with Crippen LogP contribution in [-0.2, 0) is 26.7 Å². The molecule has 1 saturated heterocycles. The Labute approximate surface area is 243 Å². The average molecular weight is 578 g/mol. The van der Waals surface area contributed by atoms with Crippen molar-refractivity contribution < 1.29 is 5.11 Å². The third kappa shape index (κ3) is 6.14. The van der Waals surface area contributed by atoms with Gasteiger partial charge < -0.3 is 16.6 Å². The van der Waals surface area contributed by atoms with Crippen LogP contribution in [0.1, 0.15) is 30.9 Å². The predicted molar refractivity (Wildman–Crippen MR) is 162 cm³/mol. The Morgan fingerprint density at radius 2 is 1.88 bits per heavy atom. The summed E-state index contributed by atoms with van der Waals surface area (Å²) >= 11 is 6.56. The van der Waals surface area contributed by atoms with Gasteiger partial charge in [0.1, 0.15) is 5.52 Å². The molecule has 0 saturated carbocycles. The van der Waals surface area contributed by atoms with Gasteiger partial charge in [-0.15, -0.1) is 0 Å². The lowest BCUT2D eigenvalue weighted by molar-refractivity contribution is -0.0364. The van der Waals surface area contributed by atoms with Crippen LogP contribution in [0.5, 0.6) is 0 Å². The monoisotopic (exact) mass is 577 g/mol. The van der Waals surface area contributed by atoms with Crippen molar-refractivity contribution in [2.75, 3.05) is 18.1 Å². The Morgan fingerprint density at radius 1 is 1.17 bits per heavy atom. The van der Waals surface area contributed by atoms with Gasteiger partial charge in [-0.1, -0.05) is 41.9 Å². The molecule has 0 aliphatic carbocycles. The molecular weight excluding hydrogens is 542 g/mol. The lowest BCUT2D eigenvalue weighted by atomic mass is 9.91. The van der Waals surface area contributed by atoms with Gasteiger partial charge in [0.2, 0.25) is 0 Å². The van der Waals surface area contributed by atoms with Gasteiger partial charge in [0, 0.05) is 55.7 Å². The molecule has 0 atom stereocenters. The summed E-state index contributed by atoms with van der Waals surface area (Å²) in [6.45, 7) is 4.32. The number of aromatic nitrogens is 4. The number of hydrazine groups is 1. The normalized spacial score (nSPS) is 15.9. The minimum atomic E-state index is -1.04. The number of nitrogens with two attached hydrogens (primary N) is 3. The number of piperidine rings is 1. The summed E-state index contributed by atoms with van der Waals surface area (Å²) in [4.78, 5) is 20.2. The molecule has 1 aliphatic heterocycles. The Morgan fingerprint density at radius 3 is 2.51 bits per heavy atom. The highest BCUT2D eigenvalue weighted by Gasteiger charge is 2.33. The van der Waals surface area contributed by atoms with Crippen LogP contribution in [0.15, 0.2) is 65.5 Å². The lowest BCUT2D eigenvalue weighted by Gasteiger charge is -2.38. The van der Waals surface area contributed by atoms with E-state index in [0.717, 1.165) is 28.1 Å². The zero-order valence-corrected chi connectivity index (χ0v) is 24.1. The van der Waals surface area contributed by atoms with Crippen molar-refractivity contribution >= 4 is 28.3 Å². The van der Waals surface area contributed by atoms with E-state index in [0.29, 0.717) is 55.3 Å². The number of fused-ring (bicyclic) bond motifs is 1. The molecule has 1 aliphatic rings. The number of rotatable bonds is 8. The second-order valence-electron chi connectivity index (χ2n) is 10.8. The number of aryl methyl sites for hydroxylation is 1. The maximum absolute atomic E-state index is 13.4. The Bertz CT molecular complexity index is 1630. The summed E-state index contributed by atoms with van der Waals surface area (Å²) in [5.41, 5.74) is 15.9. The molecule has 2 aromatic heterocycles. The van der Waals surface area contributed by atoms with Gasteiger partial charge in [-0.05, 0) is 43.0 Å². The largest absolute Gasteiger partial charge is 0.401 e. The average Bonchev–Trinajstić information content (AvgIpc) is 3.29. The highest BCUT2D eigenvalue weighted by molar-refractivity contribution is 6.31. The summed E-state index contributed by atoms with van der Waals surface area (Å²) in [5, 5.41) is 17.9. The first-order valence-corrected chi connectivity index (χ1v) is 13.9. The molecule has 216 valence electrons. The third-order valence-corrected chi connectivity index (χ3v) is 7.95. The van der Waals surface area contributed by atoms with Crippen LogP contribution in [0, 0.1) is 0 Å². The SMILES string of the molecule is C/C(N)=C/N(N)c1ccc(CN2CCC(O)(Cn3cnc4c(-c5ccc(CN)cc5)n(C)nc4c3=O)CC2)c(Cl)c1. The Balaban J connectivity index is 1.26. The first-order valence-electron chi connectivity index (χ1n) is 13.5. The predicted octanol–water partition coefficient (Wildman–Crippen LogP) is 2.44. The Kier molecular flexibility index (Phi) is 8.16. The van der Waals surface area contributed by atoms with Crippen molar-refractivity contribution in [1.82, 2.24) is 24.2 Å². The van der Waals surface area contributed by atoms with Crippen LogP contribution in [0.2, 0.25) is 5.02 Å². The molecule has 41 heavy (non-hydrogen) atoms. The minimum Gasteiger partial charge on any atom is -0.401 e. The number of nitrogens with zero attached hydrogens (tertiary/aromatic N) is 6. The maximum Gasteiger partial charge on any atom is 0.281 e. The molecular formula is C29H36ClN9O2. The number of aliphatic hydroxyl groups is 1. The van der Waals surface area contributed by atoms with Crippen molar-refractivity contribution in [3.05, 3.63) is 87.2 Å². The van der Waals surface area contributed by atoms with E-state index in [4.69, 9.17) is 28.9 Å². The minimum absolute atomic E-state index is 0.148.